The second-order valence-corrected chi connectivity index (χ2v) is 4.86. The summed E-state index contributed by atoms with van der Waals surface area (Å²) in [5, 5.41) is 12.1. The summed E-state index contributed by atoms with van der Waals surface area (Å²) < 4.78 is 0. The first kappa shape index (κ1) is 15.4. The molecule has 1 heterocycles. The Hall–Kier alpha value is -1.70. The second kappa shape index (κ2) is 7.67. The third-order valence-electron chi connectivity index (χ3n) is 3.48. The Balaban J connectivity index is 2.70. The van der Waals surface area contributed by atoms with E-state index in [9.17, 15) is 14.7 Å². The van der Waals surface area contributed by atoms with E-state index in [1.807, 2.05) is 6.92 Å². The van der Waals surface area contributed by atoms with Crippen LogP contribution in [0.1, 0.15) is 45.4 Å². The van der Waals surface area contributed by atoms with E-state index in [-0.39, 0.29) is 12.1 Å². The molecule has 1 aliphatic heterocycles. The van der Waals surface area contributed by atoms with Crippen molar-refractivity contribution in [3.63, 3.8) is 0 Å². The number of carboxylic acid groups (broad SMARTS) is 1. The lowest BCUT2D eigenvalue weighted by atomic mass is 10.1. The molecule has 0 saturated carbocycles. The van der Waals surface area contributed by atoms with Gasteiger partial charge in [-0.2, -0.15) is 0 Å². The van der Waals surface area contributed by atoms with Gasteiger partial charge in [-0.15, -0.1) is 12.3 Å². The monoisotopic (exact) mass is 266 g/mol. The second-order valence-electron chi connectivity index (χ2n) is 4.86. The molecule has 5 nitrogen and oxygen atoms in total. The largest absolute Gasteiger partial charge is 0.480 e. The molecule has 0 aromatic carbocycles. The van der Waals surface area contributed by atoms with Gasteiger partial charge in [-0.05, 0) is 19.3 Å². The van der Waals surface area contributed by atoms with Crippen molar-refractivity contribution in [2.24, 2.45) is 0 Å². The van der Waals surface area contributed by atoms with Crippen LogP contribution in [0.4, 0.5) is 4.79 Å². The molecule has 5 heteroatoms. The van der Waals surface area contributed by atoms with Crippen LogP contribution in [0, 0.1) is 12.3 Å². The molecule has 19 heavy (non-hydrogen) atoms. The molecule has 1 fully saturated rings. The molecule has 0 aromatic rings. The van der Waals surface area contributed by atoms with Gasteiger partial charge in [0.2, 0.25) is 0 Å². The third kappa shape index (κ3) is 4.47. The maximum atomic E-state index is 12.2. The van der Waals surface area contributed by atoms with E-state index in [1.165, 1.54) is 4.90 Å². The molecule has 1 rings (SSSR count). The highest BCUT2D eigenvalue weighted by Crippen LogP contribution is 2.17. The molecular weight excluding hydrogens is 244 g/mol. The lowest BCUT2D eigenvalue weighted by Crippen LogP contribution is -2.51. The first-order valence-electron chi connectivity index (χ1n) is 6.83. The van der Waals surface area contributed by atoms with Crippen molar-refractivity contribution in [2.75, 3.05) is 6.54 Å². The van der Waals surface area contributed by atoms with Gasteiger partial charge in [0.25, 0.3) is 0 Å². The smallest absolute Gasteiger partial charge is 0.326 e. The van der Waals surface area contributed by atoms with Crippen LogP contribution >= 0.6 is 0 Å². The zero-order valence-electron chi connectivity index (χ0n) is 11.4. The molecule has 0 aromatic heterocycles. The van der Waals surface area contributed by atoms with Crippen molar-refractivity contribution in [1.82, 2.24) is 10.2 Å². The normalized spacial score (nSPS) is 21.1. The number of nitrogens with zero attached hydrogens (tertiary/aromatic N) is 1. The molecule has 2 unspecified atom stereocenters. The number of terminal acetylenes is 1. The predicted molar refractivity (Wildman–Crippen MR) is 72.7 cm³/mol. The first-order valence-corrected chi connectivity index (χ1v) is 6.83. The summed E-state index contributed by atoms with van der Waals surface area (Å²) in [5.74, 6) is 1.60. The average molecular weight is 266 g/mol. The van der Waals surface area contributed by atoms with E-state index in [0.717, 1.165) is 25.7 Å². The van der Waals surface area contributed by atoms with Crippen molar-refractivity contribution in [3.8, 4) is 12.3 Å². The summed E-state index contributed by atoms with van der Waals surface area (Å²) in [7, 11) is 0. The van der Waals surface area contributed by atoms with Crippen LogP contribution < -0.4 is 5.32 Å². The van der Waals surface area contributed by atoms with Gasteiger partial charge in [0.1, 0.15) is 6.04 Å². The van der Waals surface area contributed by atoms with E-state index in [1.54, 1.807) is 0 Å². The van der Waals surface area contributed by atoms with E-state index in [4.69, 9.17) is 6.42 Å². The summed E-state index contributed by atoms with van der Waals surface area (Å²) >= 11 is 0. The van der Waals surface area contributed by atoms with Crippen molar-refractivity contribution >= 4 is 12.0 Å². The number of carboxylic acids is 1. The summed E-state index contributed by atoms with van der Waals surface area (Å²) in [4.78, 5) is 24.9. The number of rotatable bonds is 4. The first-order chi connectivity index (χ1) is 9.10. The molecule has 0 radical (unpaired) electrons. The van der Waals surface area contributed by atoms with Crippen molar-refractivity contribution in [2.45, 2.75) is 57.5 Å². The Morgan fingerprint density at radius 2 is 2.21 bits per heavy atom. The Labute approximate surface area is 114 Å². The number of likely N-dealkylation sites (tertiary alicyclic amines) is 1. The maximum Gasteiger partial charge on any atom is 0.326 e. The number of hydrogen-bond acceptors (Lipinski definition) is 2. The van der Waals surface area contributed by atoms with Crippen LogP contribution in [0.25, 0.3) is 0 Å². The van der Waals surface area contributed by atoms with Gasteiger partial charge < -0.3 is 15.3 Å². The zero-order valence-corrected chi connectivity index (χ0v) is 11.4. The molecule has 0 spiro atoms. The molecule has 1 saturated heterocycles. The minimum atomic E-state index is -0.929. The zero-order chi connectivity index (χ0) is 14.3. The van der Waals surface area contributed by atoms with E-state index >= 15 is 0 Å². The van der Waals surface area contributed by atoms with Gasteiger partial charge in [0, 0.05) is 19.0 Å². The van der Waals surface area contributed by atoms with Gasteiger partial charge in [-0.25, -0.2) is 9.59 Å². The lowest BCUT2D eigenvalue weighted by molar-refractivity contribution is -0.142. The fraction of sp³-hybridized carbons (Fsp3) is 0.714. The SMILES string of the molecule is C#CCC(CC)NC(=O)N1CCCCCC1C(=O)O. The van der Waals surface area contributed by atoms with Gasteiger partial charge in [-0.1, -0.05) is 19.8 Å². The molecule has 2 amide bonds. The van der Waals surface area contributed by atoms with Crippen LogP contribution in [-0.4, -0.2) is 40.6 Å². The fourth-order valence-corrected chi connectivity index (χ4v) is 2.31. The number of carbonyl (C=O) groups excluding carboxylic acids is 1. The summed E-state index contributed by atoms with van der Waals surface area (Å²) in [6.45, 7) is 2.44. The molecule has 1 aliphatic rings. The van der Waals surface area contributed by atoms with E-state index in [2.05, 4.69) is 11.2 Å². The standard InChI is InChI=1S/C14H22N2O3/c1-3-8-11(4-2)15-14(19)16-10-7-5-6-9-12(16)13(17)18/h1,11-12H,4-10H2,2H3,(H,15,19)(H,17,18). The van der Waals surface area contributed by atoms with Crippen LogP contribution in [0.2, 0.25) is 0 Å². The van der Waals surface area contributed by atoms with Crippen molar-refractivity contribution in [1.29, 1.82) is 0 Å². The fourth-order valence-electron chi connectivity index (χ4n) is 2.31. The van der Waals surface area contributed by atoms with Gasteiger partial charge in [-0.3, -0.25) is 0 Å². The van der Waals surface area contributed by atoms with Crippen LogP contribution in [0.5, 0.6) is 0 Å². The Kier molecular flexibility index (Phi) is 6.20. The summed E-state index contributed by atoms with van der Waals surface area (Å²) in [5.41, 5.74) is 0. The minimum Gasteiger partial charge on any atom is -0.480 e. The number of carbonyl (C=O) groups is 2. The van der Waals surface area contributed by atoms with E-state index in [0.29, 0.717) is 19.4 Å². The molecular formula is C14H22N2O3. The van der Waals surface area contributed by atoms with Gasteiger partial charge in [0.05, 0.1) is 0 Å². The number of amides is 2. The maximum absolute atomic E-state index is 12.2. The average Bonchev–Trinajstić information content (AvgIpc) is 2.63. The number of urea groups is 1. The van der Waals surface area contributed by atoms with Crippen LogP contribution in [0.3, 0.4) is 0 Å². The van der Waals surface area contributed by atoms with Gasteiger partial charge in [0.15, 0.2) is 0 Å². The topological polar surface area (TPSA) is 69.6 Å². The van der Waals surface area contributed by atoms with Gasteiger partial charge >= 0.3 is 12.0 Å². The summed E-state index contributed by atoms with van der Waals surface area (Å²) in [6.07, 6.45) is 9.64. The van der Waals surface area contributed by atoms with Crippen molar-refractivity contribution < 1.29 is 14.7 Å². The van der Waals surface area contributed by atoms with Crippen LogP contribution in [-0.2, 0) is 4.79 Å². The van der Waals surface area contributed by atoms with Crippen molar-refractivity contribution in [3.05, 3.63) is 0 Å². The lowest BCUT2D eigenvalue weighted by Gasteiger charge is -2.29. The number of aliphatic carboxylic acids is 1. The highest BCUT2D eigenvalue weighted by Gasteiger charge is 2.31. The highest BCUT2D eigenvalue weighted by molar-refractivity contribution is 5.82. The molecule has 0 aliphatic carbocycles. The molecule has 2 atom stereocenters. The predicted octanol–water partition coefficient (Wildman–Crippen LogP) is 1.83. The molecule has 106 valence electrons. The van der Waals surface area contributed by atoms with Crippen LogP contribution in [0.15, 0.2) is 0 Å². The quantitative estimate of drug-likeness (QED) is 0.763. The Morgan fingerprint density at radius 3 is 2.79 bits per heavy atom. The Morgan fingerprint density at radius 1 is 1.47 bits per heavy atom. The van der Waals surface area contributed by atoms with E-state index < -0.39 is 12.0 Å². The third-order valence-corrected chi connectivity index (χ3v) is 3.48. The highest BCUT2D eigenvalue weighted by atomic mass is 16.4. The Bertz CT molecular complexity index is 362. The number of nitrogens with one attached hydrogen (secondary N) is 1. The number of hydrogen-bond donors (Lipinski definition) is 2. The minimum absolute atomic E-state index is 0.0878. The summed E-state index contributed by atoms with van der Waals surface area (Å²) in [6, 6.07) is -1.11. The molecule has 2 N–H and O–H groups in total. The molecule has 0 bridgehead atoms.